The highest BCUT2D eigenvalue weighted by Gasteiger charge is 2.22. The molecule has 0 spiro atoms. The number of fused-ring (bicyclic) bond motifs is 3. The van der Waals surface area contributed by atoms with E-state index in [1.54, 1.807) is 16.8 Å². The zero-order valence-corrected chi connectivity index (χ0v) is 16.2. The molecule has 0 atom stereocenters. The molecule has 4 heterocycles. The molecule has 2 aromatic carbocycles. The highest BCUT2D eigenvalue weighted by Crippen LogP contribution is 2.32. The lowest BCUT2D eigenvalue weighted by molar-refractivity contribution is 0.174. The topological polar surface area (TPSA) is 73.9 Å². The van der Waals surface area contributed by atoms with E-state index in [4.69, 9.17) is 9.47 Å². The lowest BCUT2D eigenvalue weighted by Crippen LogP contribution is -2.31. The van der Waals surface area contributed by atoms with Crippen LogP contribution in [0.1, 0.15) is 16.7 Å². The first-order valence-electron chi connectivity index (χ1n) is 9.91. The van der Waals surface area contributed by atoms with Crippen molar-refractivity contribution in [2.75, 3.05) is 18.2 Å². The van der Waals surface area contributed by atoms with E-state index in [-0.39, 0.29) is 12.5 Å². The molecule has 2 aliphatic rings. The van der Waals surface area contributed by atoms with E-state index < -0.39 is 0 Å². The van der Waals surface area contributed by atoms with E-state index in [0.29, 0.717) is 17.9 Å². The van der Waals surface area contributed by atoms with Crippen molar-refractivity contribution in [3.05, 3.63) is 82.0 Å². The summed E-state index contributed by atoms with van der Waals surface area (Å²) in [6.07, 6.45) is 4.28. The van der Waals surface area contributed by atoms with Crippen LogP contribution in [0.15, 0.2) is 59.7 Å². The minimum Gasteiger partial charge on any atom is -0.454 e. The molecule has 0 radical (unpaired) electrons. The van der Waals surface area contributed by atoms with E-state index in [9.17, 15) is 4.79 Å². The first kappa shape index (κ1) is 17.1. The van der Waals surface area contributed by atoms with Gasteiger partial charge in [-0.3, -0.25) is 0 Å². The lowest BCUT2D eigenvalue weighted by Gasteiger charge is -2.29. The van der Waals surface area contributed by atoms with Gasteiger partial charge in [0.2, 0.25) is 12.4 Å². The third-order valence-electron chi connectivity index (χ3n) is 5.68. The summed E-state index contributed by atoms with van der Waals surface area (Å²) in [7, 11) is 0. The minimum absolute atomic E-state index is 0.191. The number of anilines is 1. The van der Waals surface area contributed by atoms with Crippen molar-refractivity contribution in [3.8, 4) is 11.5 Å². The van der Waals surface area contributed by atoms with Gasteiger partial charge in [0.25, 0.3) is 0 Å². The van der Waals surface area contributed by atoms with E-state index in [2.05, 4.69) is 39.2 Å². The molecule has 0 N–H and O–H groups in total. The molecule has 0 saturated carbocycles. The first-order valence-corrected chi connectivity index (χ1v) is 9.91. The van der Waals surface area contributed by atoms with E-state index in [1.165, 1.54) is 15.8 Å². The lowest BCUT2D eigenvalue weighted by atomic mass is 10.00. The fourth-order valence-electron chi connectivity index (χ4n) is 4.15. The van der Waals surface area contributed by atoms with Crippen LogP contribution in [-0.4, -0.2) is 32.5 Å². The molecule has 0 bridgehead atoms. The maximum absolute atomic E-state index is 13.0. The zero-order chi connectivity index (χ0) is 20.1. The summed E-state index contributed by atoms with van der Waals surface area (Å²) in [5.74, 6) is 2.14. The van der Waals surface area contributed by atoms with Crippen molar-refractivity contribution in [1.29, 1.82) is 0 Å². The van der Waals surface area contributed by atoms with Gasteiger partial charge in [-0.25, -0.2) is 18.9 Å². The maximum Gasteiger partial charge on any atom is 0.350 e. The summed E-state index contributed by atoms with van der Waals surface area (Å²) in [5.41, 5.74) is 3.96. The van der Waals surface area contributed by atoms with Gasteiger partial charge in [-0.05, 0) is 35.2 Å². The smallest absolute Gasteiger partial charge is 0.350 e. The van der Waals surface area contributed by atoms with Crippen molar-refractivity contribution in [3.63, 3.8) is 0 Å². The molecular formula is C22H19N5O3. The van der Waals surface area contributed by atoms with Gasteiger partial charge in [-0.2, -0.15) is 0 Å². The van der Waals surface area contributed by atoms with Gasteiger partial charge in [0.05, 0.1) is 6.54 Å². The second-order valence-electron chi connectivity index (χ2n) is 7.51. The van der Waals surface area contributed by atoms with Crippen LogP contribution in [0.25, 0.3) is 5.65 Å². The van der Waals surface area contributed by atoms with Gasteiger partial charge in [0.1, 0.15) is 0 Å². The Hall–Kier alpha value is -3.81. The largest absolute Gasteiger partial charge is 0.454 e. The standard InChI is InChI=1S/C22H19N5O3/c28-22-26-10-8-23-20(25-9-7-16-3-1-2-4-17(16)13-25)21(26)24-27(22)12-15-5-6-18-19(11-15)30-14-29-18/h1-6,8,10-11H,7,9,12-14H2. The summed E-state index contributed by atoms with van der Waals surface area (Å²) < 4.78 is 13.8. The first-order chi connectivity index (χ1) is 14.8. The van der Waals surface area contributed by atoms with Crippen LogP contribution in [0.4, 0.5) is 5.82 Å². The second-order valence-corrected chi connectivity index (χ2v) is 7.51. The molecule has 4 aromatic rings. The van der Waals surface area contributed by atoms with E-state index in [1.807, 2.05) is 18.2 Å². The molecule has 6 rings (SSSR count). The molecule has 0 unspecified atom stereocenters. The highest BCUT2D eigenvalue weighted by atomic mass is 16.7. The predicted molar refractivity (Wildman–Crippen MR) is 110 cm³/mol. The van der Waals surface area contributed by atoms with Gasteiger partial charge in [-0.1, -0.05) is 30.3 Å². The third kappa shape index (κ3) is 2.72. The van der Waals surface area contributed by atoms with Crippen LogP contribution in [-0.2, 0) is 19.5 Å². The number of nitrogens with zero attached hydrogens (tertiary/aromatic N) is 5. The zero-order valence-electron chi connectivity index (χ0n) is 16.2. The molecule has 30 heavy (non-hydrogen) atoms. The monoisotopic (exact) mass is 401 g/mol. The average molecular weight is 401 g/mol. The van der Waals surface area contributed by atoms with Crippen molar-refractivity contribution in [2.45, 2.75) is 19.5 Å². The van der Waals surface area contributed by atoms with Gasteiger partial charge in [0, 0.05) is 25.5 Å². The summed E-state index contributed by atoms with van der Waals surface area (Å²) in [5, 5.41) is 4.62. The summed E-state index contributed by atoms with van der Waals surface area (Å²) in [4.78, 5) is 19.7. The van der Waals surface area contributed by atoms with Crippen molar-refractivity contribution in [2.24, 2.45) is 0 Å². The molecule has 2 aromatic heterocycles. The molecule has 8 nitrogen and oxygen atoms in total. The fourth-order valence-corrected chi connectivity index (χ4v) is 4.15. The molecule has 8 heteroatoms. The van der Waals surface area contributed by atoms with Gasteiger partial charge >= 0.3 is 5.69 Å². The Morgan fingerprint density at radius 1 is 1.03 bits per heavy atom. The number of ether oxygens (including phenoxy) is 2. The van der Waals surface area contributed by atoms with Crippen LogP contribution in [0, 0.1) is 0 Å². The van der Waals surface area contributed by atoms with E-state index in [0.717, 1.165) is 36.6 Å². The van der Waals surface area contributed by atoms with Crippen LogP contribution in [0.2, 0.25) is 0 Å². The molecular weight excluding hydrogens is 382 g/mol. The quantitative estimate of drug-likeness (QED) is 0.524. The third-order valence-corrected chi connectivity index (χ3v) is 5.68. The Labute approximate surface area is 171 Å². The van der Waals surface area contributed by atoms with Crippen LogP contribution < -0.4 is 20.1 Å². The van der Waals surface area contributed by atoms with Crippen LogP contribution in [0.5, 0.6) is 11.5 Å². The van der Waals surface area contributed by atoms with Crippen molar-refractivity contribution < 1.29 is 9.47 Å². The normalized spacial score (nSPS) is 14.9. The molecule has 0 saturated heterocycles. The Bertz CT molecular complexity index is 1330. The van der Waals surface area contributed by atoms with Crippen LogP contribution >= 0.6 is 0 Å². The number of hydrogen-bond donors (Lipinski definition) is 0. The predicted octanol–water partition coefficient (Wildman–Crippen LogP) is 2.23. The number of benzene rings is 2. The molecule has 0 amide bonds. The fraction of sp³-hybridized carbons (Fsp3) is 0.227. The minimum atomic E-state index is -0.191. The Kier molecular flexibility index (Phi) is 3.77. The SMILES string of the molecule is O=c1n(Cc2ccc3c(c2)OCO3)nc2c(N3CCc4ccccc4C3)nccn12. The van der Waals surface area contributed by atoms with Crippen LogP contribution in [0.3, 0.4) is 0 Å². The molecule has 150 valence electrons. The van der Waals surface area contributed by atoms with Gasteiger partial charge in [-0.15, -0.1) is 5.10 Å². The Morgan fingerprint density at radius 2 is 1.90 bits per heavy atom. The van der Waals surface area contributed by atoms with Gasteiger partial charge in [0.15, 0.2) is 17.3 Å². The van der Waals surface area contributed by atoms with Gasteiger partial charge < -0.3 is 14.4 Å². The van der Waals surface area contributed by atoms with E-state index >= 15 is 0 Å². The highest BCUT2D eigenvalue weighted by molar-refractivity contribution is 5.64. The second kappa shape index (κ2) is 6.62. The molecule has 0 aliphatic carbocycles. The number of hydrogen-bond acceptors (Lipinski definition) is 6. The summed E-state index contributed by atoms with van der Waals surface area (Å²) >= 11 is 0. The summed E-state index contributed by atoms with van der Waals surface area (Å²) in [6.45, 7) is 2.17. The Balaban J connectivity index is 1.36. The number of aromatic nitrogens is 4. The van der Waals surface area contributed by atoms with Crippen molar-refractivity contribution in [1.82, 2.24) is 19.2 Å². The summed E-state index contributed by atoms with van der Waals surface area (Å²) in [6, 6.07) is 14.1. The molecule has 2 aliphatic heterocycles. The molecule has 0 fully saturated rings. The average Bonchev–Trinajstić information content (AvgIpc) is 3.38. The maximum atomic E-state index is 13.0. The van der Waals surface area contributed by atoms with Crippen molar-refractivity contribution >= 4 is 11.5 Å². The number of rotatable bonds is 3. The Morgan fingerprint density at radius 3 is 2.83 bits per heavy atom.